The third kappa shape index (κ3) is 3.67. The molecule has 0 aliphatic carbocycles. The highest BCUT2D eigenvalue weighted by Gasteiger charge is 2.07. The van der Waals surface area contributed by atoms with E-state index in [4.69, 9.17) is 16.3 Å². The first-order valence-corrected chi connectivity index (χ1v) is 5.28. The monoisotopic (exact) mass is 255 g/mol. The minimum absolute atomic E-state index is 0.0193. The van der Waals surface area contributed by atoms with Crippen LogP contribution in [-0.2, 0) is 9.53 Å². The number of rotatable bonds is 4. The number of carbonyl (C=O) groups is 1. The quantitative estimate of drug-likeness (QED) is 0.612. The number of methoxy groups -OCH3 is 2. The summed E-state index contributed by atoms with van der Waals surface area (Å²) in [4.78, 5) is 12.8. The second-order valence-electron chi connectivity index (χ2n) is 3.28. The molecule has 0 radical (unpaired) electrons. The highest BCUT2D eigenvalue weighted by atomic mass is 35.5. The fourth-order valence-electron chi connectivity index (χ4n) is 1.21. The van der Waals surface area contributed by atoms with Gasteiger partial charge in [0.15, 0.2) is 0 Å². The maximum atomic E-state index is 11.1. The Labute approximate surface area is 105 Å². The van der Waals surface area contributed by atoms with Crippen LogP contribution in [0, 0.1) is 0 Å². The predicted molar refractivity (Wildman–Crippen MR) is 67.3 cm³/mol. The van der Waals surface area contributed by atoms with Gasteiger partial charge in [-0.2, -0.15) is 0 Å². The normalized spacial score (nSPS) is 10.9. The number of hydrogen-bond donors (Lipinski definition) is 0. The molecule has 0 saturated carbocycles. The number of anilines is 1. The molecule has 1 rings (SSSR count). The molecule has 0 aromatic heterocycles. The number of esters is 1. The molecule has 0 aliphatic heterocycles. The Morgan fingerprint density at radius 1 is 1.29 bits per heavy atom. The van der Waals surface area contributed by atoms with Crippen molar-refractivity contribution in [2.75, 3.05) is 26.2 Å². The molecule has 92 valence electrons. The van der Waals surface area contributed by atoms with Crippen molar-refractivity contribution in [3.8, 4) is 5.75 Å². The van der Waals surface area contributed by atoms with E-state index in [2.05, 4.69) is 4.74 Å². The van der Waals surface area contributed by atoms with E-state index in [1.807, 2.05) is 24.3 Å². The zero-order chi connectivity index (χ0) is 12.8. The fourth-order valence-corrected chi connectivity index (χ4v) is 1.44. The number of nitrogens with zero attached hydrogens (tertiary/aromatic N) is 1. The summed E-state index contributed by atoms with van der Waals surface area (Å²) in [5.74, 6) is 0.206. The summed E-state index contributed by atoms with van der Waals surface area (Å²) in [5.41, 5.74) is 0.882. The zero-order valence-corrected chi connectivity index (χ0v) is 10.7. The highest BCUT2D eigenvalue weighted by molar-refractivity contribution is 6.41. The molecule has 1 aromatic carbocycles. The number of carbonyl (C=O) groups excluding carboxylic acids is 1. The number of hydrogen-bond acceptors (Lipinski definition) is 4. The summed E-state index contributed by atoms with van der Waals surface area (Å²) < 4.78 is 9.55. The Kier molecular flexibility index (Phi) is 4.84. The molecule has 0 unspecified atom stereocenters. The summed E-state index contributed by atoms with van der Waals surface area (Å²) in [5, 5.41) is 0.0193. The van der Waals surface area contributed by atoms with E-state index >= 15 is 0 Å². The maximum Gasteiger partial charge on any atom is 0.350 e. The van der Waals surface area contributed by atoms with Crippen LogP contribution >= 0.6 is 11.6 Å². The summed E-state index contributed by atoms with van der Waals surface area (Å²) in [6.45, 7) is 0. The van der Waals surface area contributed by atoms with Crippen LogP contribution in [0.4, 0.5) is 5.69 Å². The van der Waals surface area contributed by atoms with Crippen molar-refractivity contribution in [1.29, 1.82) is 0 Å². The third-order valence-electron chi connectivity index (χ3n) is 2.17. The van der Waals surface area contributed by atoms with Gasteiger partial charge in [0, 0.05) is 18.9 Å². The Hall–Kier alpha value is -1.68. The SMILES string of the molecule is COC(=O)/C(Cl)=C/N(C)c1ccc(OC)cc1. The van der Waals surface area contributed by atoms with Crippen molar-refractivity contribution < 1.29 is 14.3 Å². The molecule has 0 spiro atoms. The minimum atomic E-state index is -0.563. The van der Waals surface area contributed by atoms with Crippen LogP contribution in [0.15, 0.2) is 35.5 Å². The second-order valence-corrected chi connectivity index (χ2v) is 3.68. The lowest BCUT2D eigenvalue weighted by Crippen LogP contribution is -2.11. The molecule has 5 heteroatoms. The molecular formula is C12H14ClNO3. The molecule has 0 saturated heterocycles. The van der Waals surface area contributed by atoms with Crippen LogP contribution in [0.1, 0.15) is 0 Å². The van der Waals surface area contributed by atoms with Gasteiger partial charge in [0.05, 0.1) is 14.2 Å². The molecule has 0 aliphatic rings. The molecule has 0 heterocycles. The standard InChI is InChI=1S/C12H14ClNO3/c1-14(8-11(13)12(15)17-3)9-4-6-10(16-2)7-5-9/h4-8H,1-3H3/b11-8-. The topological polar surface area (TPSA) is 38.8 Å². The smallest absolute Gasteiger partial charge is 0.350 e. The van der Waals surface area contributed by atoms with E-state index in [1.165, 1.54) is 13.3 Å². The van der Waals surface area contributed by atoms with E-state index < -0.39 is 5.97 Å². The summed E-state index contributed by atoms with van der Waals surface area (Å²) >= 11 is 5.75. The van der Waals surface area contributed by atoms with Gasteiger partial charge in [-0.1, -0.05) is 11.6 Å². The van der Waals surface area contributed by atoms with Crippen LogP contribution < -0.4 is 9.64 Å². The van der Waals surface area contributed by atoms with Crippen LogP contribution in [0.3, 0.4) is 0 Å². The molecule has 0 amide bonds. The average molecular weight is 256 g/mol. The van der Waals surface area contributed by atoms with E-state index in [1.54, 1.807) is 19.1 Å². The fraction of sp³-hybridized carbons (Fsp3) is 0.250. The van der Waals surface area contributed by atoms with E-state index in [0.29, 0.717) is 0 Å². The Morgan fingerprint density at radius 2 is 1.88 bits per heavy atom. The maximum absolute atomic E-state index is 11.1. The molecular weight excluding hydrogens is 242 g/mol. The van der Waals surface area contributed by atoms with Crippen molar-refractivity contribution in [3.05, 3.63) is 35.5 Å². The summed E-state index contributed by atoms with van der Waals surface area (Å²) in [7, 11) is 4.67. The Balaban J connectivity index is 2.82. The molecule has 0 bridgehead atoms. The number of benzene rings is 1. The van der Waals surface area contributed by atoms with Crippen molar-refractivity contribution in [2.24, 2.45) is 0 Å². The summed E-state index contributed by atoms with van der Waals surface area (Å²) in [6.07, 6.45) is 1.50. The van der Waals surface area contributed by atoms with Crippen LogP contribution in [-0.4, -0.2) is 27.2 Å². The van der Waals surface area contributed by atoms with Crippen molar-refractivity contribution in [3.63, 3.8) is 0 Å². The third-order valence-corrected chi connectivity index (χ3v) is 2.42. The predicted octanol–water partition coefficient (Wildman–Crippen LogP) is 2.38. The van der Waals surface area contributed by atoms with Crippen LogP contribution in [0.25, 0.3) is 0 Å². The van der Waals surface area contributed by atoms with Crippen molar-refractivity contribution in [2.45, 2.75) is 0 Å². The lowest BCUT2D eigenvalue weighted by atomic mass is 10.3. The van der Waals surface area contributed by atoms with Gasteiger partial charge < -0.3 is 14.4 Å². The molecule has 4 nitrogen and oxygen atoms in total. The van der Waals surface area contributed by atoms with Crippen LogP contribution in [0.5, 0.6) is 5.75 Å². The zero-order valence-electron chi connectivity index (χ0n) is 9.94. The van der Waals surface area contributed by atoms with E-state index in [0.717, 1.165) is 11.4 Å². The lowest BCUT2D eigenvalue weighted by Gasteiger charge is -2.14. The number of halogens is 1. The Morgan fingerprint density at radius 3 is 2.35 bits per heavy atom. The van der Waals surface area contributed by atoms with E-state index in [-0.39, 0.29) is 5.03 Å². The van der Waals surface area contributed by atoms with Gasteiger partial charge in [-0.15, -0.1) is 0 Å². The first-order chi connectivity index (χ1) is 8.08. The van der Waals surface area contributed by atoms with Crippen LogP contribution in [0.2, 0.25) is 0 Å². The lowest BCUT2D eigenvalue weighted by molar-refractivity contribution is -0.135. The van der Waals surface area contributed by atoms with Crippen molar-refractivity contribution in [1.82, 2.24) is 0 Å². The average Bonchev–Trinajstić information content (AvgIpc) is 2.37. The van der Waals surface area contributed by atoms with Gasteiger partial charge in [0.2, 0.25) is 0 Å². The van der Waals surface area contributed by atoms with Gasteiger partial charge >= 0.3 is 5.97 Å². The van der Waals surface area contributed by atoms with Gasteiger partial charge in [-0.25, -0.2) is 4.79 Å². The molecule has 17 heavy (non-hydrogen) atoms. The highest BCUT2D eigenvalue weighted by Crippen LogP contribution is 2.19. The first kappa shape index (κ1) is 13.4. The van der Waals surface area contributed by atoms with Gasteiger partial charge in [-0.05, 0) is 24.3 Å². The van der Waals surface area contributed by atoms with E-state index in [9.17, 15) is 4.79 Å². The van der Waals surface area contributed by atoms with Gasteiger partial charge in [0.1, 0.15) is 10.8 Å². The summed E-state index contributed by atoms with van der Waals surface area (Å²) in [6, 6.07) is 7.37. The molecule has 1 aromatic rings. The Bertz CT molecular complexity index is 414. The number of ether oxygens (including phenoxy) is 2. The second kappa shape index (κ2) is 6.15. The molecule has 0 atom stereocenters. The largest absolute Gasteiger partial charge is 0.497 e. The molecule has 0 N–H and O–H groups in total. The minimum Gasteiger partial charge on any atom is -0.497 e. The van der Waals surface area contributed by atoms with Gasteiger partial charge in [-0.3, -0.25) is 0 Å². The first-order valence-electron chi connectivity index (χ1n) is 4.91. The molecule has 0 fully saturated rings. The van der Waals surface area contributed by atoms with Crippen molar-refractivity contribution >= 4 is 23.3 Å². The van der Waals surface area contributed by atoms with Gasteiger partial charge in [0.25, 0.3) is 0 Å².